The Kier molecular flexibility index (Phi) is 6.54. The summed E-state index contributed by atoms with van der Waals surface area (Å²) >= 11 is 12.6. The van der Waals surface area contributed by atoms with E-state index in [0.29, 0.717) is 53.0 Å². The highest BCUT2D eigenvalue weighted by Crippen LogP contribution is 2.42. The zero-order chi connectivity index (χ0) is 22.3. The fourth-order valence-electron chi connectivity index (χ4n) is 5.69. The third-order valence-corrected chi connectivity index (χ3v) is 8.83. The van der Waals surface area contributed by atoms with E-state index in [1.54, 1.807) is 0 Å². The molecule has 32 heavy (non-hydrogen) atoms. The fourth-order valence-corrected chi connectivity index (χ4v) is 5.99. The molecule has 1 aromatic rings. The molecule has 174 valence electrons. The predicted octanol–water partition coefficient (Wildman–Crippen LogP) is 4.00. The number of halogens is 2. The third kappa shape index (κ3) is 4.86. The Morgan fingerprint density at radius 1 is 1.00 bits per heavy atom. The normalized spacial score (nSPS) is 28.2. The van der Waals surface area contributed by atoms with Crippen LogP contribution in [0.4, 0.5) is 0 Å². The summed E-state index contributed by atoms with van der Waals surface area (Å²) in [6, 6.07) is 6.63. The molecule has 1 saturated carbocycles. The van der Waals surface area contributed by atoms with Crippen LogP contribution >= 0.6 is 23.2 Å². The topological polar surface area (TPSA) is 43.9 Å². The van der Waals surface area contributed by atoms with Gasteiger partial charge in [0.05, 0.1) is 10.0 Å². The second-order valence-electron chi connectivity index (χ2n) is 10.4. The van der Waals surface area contributed by atoms with Crippen LogP contribution in [0.2, 0.25) is 10.0 Å². The first-order valence-electron chi connectivity index (χ1n) is 12.1. The first kappa shape index (κ1) is 22.6. The van der Waals surface area contributed by atoms with Gasteiger partial charge in [-0.15, -0.1) is 0 Å². The van der Waals surface area contributed by atoms with Gasteiger partial charge in [-0.25, -0.2) is 0 Å². The van der Waals surface area contributed by atoms with Gasteiger partial charge in [0.1, 0.15) is 5.78 Å². The van der Waals surface area contributed by atoms with Gasteiger partial charge in [0.15, 0.2) is 0 Å². The van der Waals surface area contributed by atoms with Crippen molar-refractivity contribution in [2.45, 2.75) is 56.4 Å². The summed E-state index contributed by atoms with van der Waals surface area (Å²) < 4.78 is 0. The fraction of sp³-hybridized carbons (Fsp3) is 0.680. The molecule has 1 amide bonds. The molecule has 0 spiro atoms. The number of carbonyl (C=O) groups is 2. The number of hydrogen-bond donors (Lipinski definition) is 0. The van der Waals surface area contributed by atoms with E-state index in [2.05, 4.69) is 20.8 Å². The minimum Gasteiger partial charge on any atom is -0.342 e. The molecule has 5 rings (SSSR count). The number of nitrogens with zero attached hydrogens (tertiary/aromatic N) is 3. The average molecular weight is 478 g/mol. The van der Waals surface area contributed by atoms with Crippen molar-refractivity contribution in [1.82, 2.24) is 14.7 Å². The van der Waals surface area contributed by atoms with Gasteiger partial charge < -0.3 is 9.80 Å². The molecular weight excluding hydrogens is 445 g/mol. The zero-order valence-electron chi connectivity index (χ0n) is 18.7. The summed E-state index contributed by atoms with van der Waals surface area (Å²) in [5.74, 6) is 1.40. The second-order valence-corrected chi connectivity index (χ2v) is 11.2. The van der Waals surface area contributed by atoms with E-state index >= 15 is 0 Å². The van der Waals surface area contributed by atoms with Crippen LogP contribution in [0, 0.1) is 5.92 Å². The third-order valence-electron chi connectivity index (χ3n) is 8.09. The van der Waals surface area contributed by atoms with Gasteiger partial charge in [-0.1, -0.05) is 29.3 Å². The summed E-state index contributed by atoms with van der Waals surface area (Å²) in [4.78, 5) is 31.4. The molecule has 1 aliphatic carbocycles. The lowest BCUT2D eigenvalue weighted by molar-refractivity contribution is -0.136. The molecule has 3 aliphatic heterocycles. The molecule has 0 radical (unpaired) electrons. The smallest absolute Gasteiger partial charge is 0.222 e. The van der Waals surface area contributed by atoms with Crippen molar-refractivity contribution in [3.05, 3.63) is 33.8 Å². The molecule has 3 saturated heterocycles. The lowest BCUT2D eigenvalue weighted by Gasteiger charge is -2.49. The van der Waals surface area contributed by atoms with Gasteiger partial charge in [0.25, 0.3) is 0 Å². The number of carbonyl (C=O) groups excluding carboxylic acids is 2. The number of rotatable bonds is 7. The number of piperidine rings is 2. The van der Waals surface area contributed by atoms with E-state index in [9.17, 15) is 9.59 Å². The van der Waals surface area contributed by atoms with Crippen molar-refractivity contribution in [2.75, 3.05) is 45.8 Å². The standard InChI is InChI=1S/C25H33Cl2N3O2/c26-22-4-3-19(13-23(22)27)25(8-5-24(32)30(17-25)14-18-1-2-18)9-12-28-15-20(16-28)29-10-6-21(31)7-11-29/h3-4,13,18,20H,1-2,5-12,14-17H2/t25-/m1/s1. The molecule has 0 aromatic heterocycles. The van der Waals surface area contributed by atoms with Gasteiger partial charge in [-0.3, -0.25) is 14.5 Å². The first-order chi connectivity index (χ1) is 15.4. The number of benzene rings is 1. The average Bonchev–Trinajstić information content (AvgIpc) is 3.56. The molecule has 0 bridgehead atoms. The molecule has 7 heteroatoms. The maximum absolute atomic E-state index is 12.7. The van der Waals surface area contributed by atoms with Crippen LogP contribution in [0.3, 0.4) is 0 Å². The van der Waals surface area contributed by atoms with Gasteiger partial charge in [-0.2, -0.15) is 0 Å². The highest BCUT2D eigenvalue weighted by Gasteiger charge is 2.43. The van der Waals surface area contributed by atoms with Crippen LogP contribution < -0.4 is 0 Å². The lowest BCUT2D eigenvalue weighted by atomic mass is 9.71. The van der Waals surface area contributed by atoms with E-state index in [4.69, 9.17) is 23.2 Å². The Balaban J connectivity index is 1.26. The van der Waals surface area contributed by atoms with Crippen LogP contribution in [0.25, 0.3) is 0 Å². The maximum Gasteiger partial charge on any atom is 0.222 e. The molecule has 4 fully saturated rings. The van der Waals surface area contributed by atoms with E-state index < -0.39 is 0 Å². The maximum atomic E-state index is 12.7. The highest BCUT2D eigenvalue weighted by atomic mass is 35.5. The van der Waals surface area contributed by atoms with Crippen LogP contribution in [0.1, 0.15) is 50.5 Å². The Morgan fingerprint density at radius 3 is 2.44 bits per heavy atom. The molecule has 3 heterocycles. The Bertz CT molecular complexity index is 874. The largest absolute Gasteiger partial charge is 0.342 e. The van der Waals surface area contributed by atoms with Crippen molar-refractivity contribution in [1.29, 1.82) is 0 Å². The van der Waals surface area contributed by atoms with Crippen LogP contribution in [0.15, 0.2) is 18.2 Å². The van der Waals surface area contributed by atoms with Crippen LogP contribution in [-0.4, -0.2) is 78.2 Å². The second kappa shape index (κ2) is 9.25. The van der Waals surface area contributed by atoms with Gasteiger partial charge in [0.2, 0.25) is 5.91 Å². The van der Waals surface area contributed by atoms with Crippen molar-refractivity contribution in [2.24, 2.45) is 5.92 Å². The van der Waals surface area contributed by atoms with E-state index in [1.807, 2.05) is 12.1 Å². The molecular formula is C25H33Cl2N3O2. The van der Waals surface area contributed by atoms with Crippen molar-refractivity contribution >= 4 is 34.9 Å². The number of amides is 1. The summed E-state index contributed by atoms with van der Waals surface area (Å²) in [6.07, 6.45) is 6.42. The lowest BCUT2D eigenvalue weighted by Crippen LogP contribution is -2.61. The summed E-state index contributed by atoms with van der Waals surface area (Å²) in [7, 11) is 0. The number of likely N-dealkylation sites (tertiary alicyclic amines) is 3. The summed E-state index contributed by atoms with van der Waals surface area (Å²) in [5, 5.41) is 1.18. The molecule has 1 atom stereocenters. The van der Waals surface area contributed by atoms with Crippen molar-refractivity contribution in [3.63, 3.8) is 0 Å². The van der Waals surface area contributed by atoms with Gasteiger partial charge in [-0.05, 0) is 55.8 Å². The predicted molar refractivity (Wildman–Crippen MR) is 127 cm³/mol. The zero-order valence-corrected chi connectivity index (χ0v) is 20.2. The van der Waals surface area contributed by atoms with Crippen molar-refractivity contribution < 1.29 is 9.59 Å². The Labute approximate surface area is 201 Å². The molecule has 5 nitrogen and oxygen atoms in total. The molecule has 0 unspecified atom stereocenters. The Hall–Kier alpha value is -1.14. The van der Waals surface area contributed by atoms with Crippen molar-refractivity contribution in [3.8, 4) is 0 Å². The summed E-state index contributed by atoms with van der Waals surface area (Å²) in [6.45, 7) is 6.71. The van der Waals surface area contributed by atoms with E-state index in [-0.39, 0.29) is 5.41 Å². The van der Waals surface area contributed by atoms with Crippen LogP contribution in [0.5, 0.6) is 0 Å². The van der Waals surface area contributed by atoms with E-state index in [1.165, 1.54) is 18.4 Å². The summed E-state index contributed by atoms with van der Waals surface area (Å²) in [5.41, 5.74) is 1.14. The minimum atomic E-state index is -0.0698. The molecule has 4 aliphatic rings. The number of Topliss-reactive ketones (excluding diaryl/α,β-unsaturated/α-hetero) is 1. The minimum absolute atomic E-state index is 0.0698. The molecule has 0 N–H and O–H groups in total. The molecule has 1 aromatic carbocycles. The van der Waals surface area contributed by atoms with Gasteiger partial charge in [0, 0.05) is 70.0 Å². The monoisotopic (exact) mass is 477 g/mol. The van der Waals surface area contributed by atoms with Gasteiger partial charge >= 0.3 is 0 Å². The SMILES string of the molecule is O=C1CCN(C2CN(CC[C@]3(c4ccc(Cl)c(Cl)c4)CCC(=O)N(CC4CC4)C3)C2)CC1. The van der Waals surface area contributed by atoms with Crippen LogP contribution in [-0.2, 0) is 15.0 Å². The highest BCUT2D eigenvalue weighted by molar-refractivity contribution is 6.42. The number of hydrogen-bond acceptors (Lipinski definition) is 4. The van der Waals surface area contributed by atoms with E-state index in [0.717, 1.165) is 58.7 Å². The Morgan fingerprint density at radius 2 is 1.75 bits per heavy atom. The quantitative estimate of drug-likeness (QED) is 0.594. The number of ketones is 1. The first-order valence-corrected chi connectivity index (χ1v) is 12.9.